The summed E-state index contributed by atoms with van der Waals surface area (Å²) in [4.78, 5) is 37.0. The summed E-state index contributed by atoms with van der Waals surface area (Å²) in [5, 5.41) is 2.06. The third-order valence-electron chi connectivity index (χ3n) is 3.44. The number of ether oxygens (including phenoxy) is 4. The van der Waals surface area contributed by atoms with E-state index in [0.717, 1.165) is 6.08 Å². The van der Waals surface area contributed by atoms with Gasteiger partial charge in [-0.3, -0.25) is 0 Å². The van der Waals surface area contributed by atoms with Crippen molar-refractivity contribution in [3.8, 4) is 5.75 Å². The average molecular weight is 484 g/mol. The maximum Gasteiger partial charge on any atom is 0.511 e. The number of carbonyl (C=O) groups excluding carboxylic acids is 2. The number of benzene rings is 1. The summed E-state index contributed by atoms with van der Waals surface area (Å²) in [6, 6.07) is 3.05. The molecular formula is C16H13BrF3NO8. The molecule has 2 rings (SSSR count). The van der Waals surface area contributed by atoms with Crippen LogP contribution < -0.4 is 4.74 Å². The molecule has 1 aromatic rings. The third kappa shape index (κ3) is 6.07. The van der Waals surface area contributed by atoms with E-state index < -0.39 is 36.8 Å². The summed E-state index contributed by atoms with van der Waals surface area (Å²) in [6.45, 7) is -0.149. The summed E-state index contributed by atoms with van der Waals surface area (Å²) in [5.41, 5.74) is -0.134. The first-order valence-corrected chi connectivity index (χ1v) is 8.59. The zero-order valence-corrected chi connectivity index (χ0v) is 16.2. The van der Waals surface area contributed by atoms with Gasteiger partial charge in [-0.15, -0.1) is 4.91 Å². The Bertz CT molecular complexity index is 827. The summed E-state index contributed by atoms with van der Waals surface area (Å²) in [7, 11) is 0. The normalized spacial score (nSPS) is 15.3. The van der Waals surface area contributed by atoms with Gasteiger partial charge in [0.25, 0.3) is 0 Å². The second-order valence-electron chi connectivity index (χ2n) is 5.48. The second-order valence-corrected chi connectivity index (χ2v) is 6.40. The zero-order chi connectivity index (χ0) is 21.6. The van der Waals surface area contributed by atoms with Crippen LogP contribution in [0.2, 0.25) is 0 Å². The van der Waals surface area contributed by atoms with E-state index in [0.29, 0.717) is 10.0 Å². The molecule has 0 saturated heterocycles. The van der Waals surface area contributed by atoms with Crippen LogP contribution in [0.3, 0.4) is 0 Å². The van der Waals surface area contributed by atoms with Gasteiger partial charge in [-0.25, -0.2) is 9.59 Å². The van der Waals surface area contributed by atoms with Gasteiger partial charge in [0.1, 0.15) is 12.4 Å². The summed E-state index contributed by atoms with van der Waals surface area (Å²) < 4.78 is 59.1. The predicted octanol–water partition coefficient (Wildman–Crippen LogP) is 3.82. The summed E-state index contributed by atoms with van der Waals surface area (Å²) in [5.74, 6) is -1.41. The van der Waals surface area contributed by atoms with Crippen LogP contribution in [0.4, 0.5) is 18.0 Å². The molecule has 0 saturated carbocycles. The minimum Gasteiger partial charge on any atom is -0.475 e. The lowest BCUT2D eigenvalue weighted by Crippen LogP contribution is -2.41. The average Bonchev–Trinajstić information content (AvgIpc) is 2.63. The third-order valence-corrected chi connectivity index (χ3v) is 3.90. The molecule has 29 heavy (non-hydrogen) atoms. The Labute approximate surface area is 169 Å². The number of hydrogen-bond donors (Lipinski definition) is 0. The van der Waals surface area contributed by atoms with E-state index in [-0.39, 0.29) is 24.5 Å². The van der Waals surface area contributed by atoms with Gasteiger partial charge in [0.2, 0.25) is 12.9 Å². The molecule has 0 aromatic heterocycles. The monoisotopic (exact) mass is 483 g/mol. The van der Waals surface area contributed by atoms with Gasteiger partial charge < -0.3 is 23.8 Å². The molecule has 0 radical (unpaired) electrons. The van der Waals surface area contributed by atoms with Crippen LogP contribution in [-0.4, -0.2) is 44.4 Å². The highest BCUT2D eigenvalue weighted by atomic mass is 79.9. The quantitative estimate of drug-likeness (QED) is 0.189. The molecule has 1 aromatic carbocycles. The Hall–Kier alpha value is -2.83. The van der Waals surface area contributed by atoms with Crippen LogP contribution in [0, 0.1) is 11.8 Å². The van der Waals surface area contributed by atoms with E-state index in [2.05, 4.69) is 40.3 Å². The molecule has 158 valence electrons. The van der Waals surface area contributed by atoms with Crippen molar-refractivity contribution in [1.82, 2.24) is 0 Å². The van der Waals surface area contributed by atoms with Crippen molar-refractivity contribution >= 4 is 34.1 Å². The zero-order valence-electron chi connectivity index (χ0n) is 14.7. The molecule has 1 aliphatic rings. The fraction of sp³-hybridized carbons (Fsp3) is 0.375. The van der Waals surface area contributed by atoms with Crippen molar-refractivity contribution in [3.05, 3.63) is 38.2 Å². The number of aryl methyl sites for hydroxylation is 1. The van der Waals surface area contributed by atoms with Gasteiger partial charge in [-0.05, 0) is 30.7 Å². The fourth-order valence-corrected chi connectivity index (χ4v) is 2.90. The molecule has 0 bridgehead atoms. The molecule has 1 aliphatic heterocycles. The van der Waals surface area contributed by atoms with Crippen molar-refractivity contribution in [1.29, 1.82) is 0 Å². The maximum atomic E-state index is 13.4. The standard InChI is InChI=1S/C16H13BrF3NO8/c1-8-4-10(17)5-9-6-11(13(16(18,19)20)29-12(8)9)14(22)26-7-27-15(23)25-2-3-28-21-24/h4-6,13H,2-3,7H2,1H3/t13-/m0/s1. The Morgan fingerprint density at radius 1 is 1.21 bits per heavy atom. The number of esters is 1. The summed E-state index contributed by atoms with van der Waals surface area (Å²) >= 11 is 3.21. The molecule has 0 unspecified atom stereocenters. The number of hydrogen-bond acceptors (Lipinski definition) is 9. The molecular weight excluding hydrogens is 471 g/mol. The van der Waals surface area contributed by atoms with Gasteiger partial charge >= 0.3 is 18.3 Å². The fourth-order valence-electron chi connectivity index (χ4n) is 2.31. The number of carbonyl (C=O) groups is 2. The van der Waals surface area contributed by atoms with Crippen LogP contribution in [0.15, 0.2) is 27.5 Å². The van der Waals surface area contributed by atoms with Gasteiger partial charge in [-0.1, -0.05) is 15.9 Å². The van der Waals surface area contributed by atoms with Crippen molar-refractivity contribution < 1.29 is 46.5 Å². The van der Waals surface area contributed by atoms with Gasteiger partial charge in [-0.2, -0.15) is 13.2 Å². The van der Waals surface area contributed by atoms with Crippen molar-refractivity contribution in [2.75, 3.05) is 20.0 Å². The highest BCUT2D eigenvalue weighted by Crippen LogP contribution is 2.40. The molecule has 1 heterocycles. The lowest BCUT2D eigenvalue weighted by molar-refractivity contribution is -0.189. The minimum atomic E-state index is -4.89. The highest BCUT2D eigenvalue weighted by molar-refractivity contribution is 9.10. The molecule has 0 N–H and O–H groups in total. The van der Waals surface area contributed by atoms with Crippen LogP contribution in [-0.2, 0) is 23.8 Å². The van der Waals surface area contributed by atoms with Crippen LogP contribution in [0.25, 0.3) is 6.08 Å². The lowest BCUT2D eigenvalue weighted by atomic mass is 9.99. The predicted molar refractivity (Wildman–Crippen MR) is 92.5 cm³/mol. The highest BCUT2D eigenvalue weighted by Gasteiger charge is 2.49. The molecule has 0 aliphatic carbocycles. The number of rotatable bonds is 7. The van der Waals surface area contributed by atoms with Crippen molar-refractivity contribution in [3.63, 3.8) is 0 Å². The number of nitrogens with zero attached hydrogens (tertiary/aromatic N) is 1. The first kappa shape index (κ1) is 22.5. The van der Waals surface area contributed by atoms with Crippen molar-refractivity contribution in [2.24, 2.45) is 5.34 Å². The van der Waals surface area contributed by atoms with Crippen LogP contribution in [0.1, 0.15) is 11.1 Å². The maximum absolute atomic E-state index is 13.4. The molecule has 0 amide bonds. The molecule has 1 atom stereocenters. The van der Waals surface area contributed by atoms with E-state index in [1.807, 2.05) is 0 Å². The Kier molecular flexibility index (Phi) is 7.42. The van der Waals surface area contributed by atoms with Gasteiger partial charge in [0.15, 0.2) is 11.9 Å². The smallest absolute Gasteiger partial charge is 0.475 e. The topological polar surface area (TPSA) is 110 Å². The molecule has 9 nitrogen and oxygen atoms in total. The van der Waals surface area contributed by atoms with Crippen molar-refractivity contribution in [2.45, 2.75) is 19.2 Å². The number of alkyl halides is 3. The first-order valence-electron chi connectivity index (χ1n) is 7.80. The number of halogens is 4. The SMILES string of the molecule is Cc1cc(Br)cc2c1O[C@H](C(F)(F)F)C(C(=O)OCOC(=O)OCCON=O)=C2. The second kappa shape index (κ2) is 9.58. The van der Waals surface area contributed by atoms with E-state index in [9.17, 15) is 27.7 Å². The van der Waals surface area contributed by atoms with E-state index in [1.54, 1.807) is 13.0 Å². The molecule has 0 spiro atoms. The number of fused-ring (bicyclic) bond motifs is 1. The van der Waals surface area contributed by atoms with Crippen LogP contribution >= 0.6 is 15.9 Å². The van der Waals surface area contributed by atoms with E-state index >= 15 is 0 Å². The van der Waals surface area contributed by atoms with Gasteiger partial charge in [0, 0.05) is 10.0 Å². The largest absolute Gasteiger partial charge is 0.511 e. The van der Waals surface area contributed by atoms with Crippen LogP contribution in [0.5, 0.6) is 5.75 Å². The summed E-state index contributed by atoms with van der Waals surface area (Å²) in [6.07, 6.45) is -7.74. The molecule has 0 fully saturated rings. The first-order chi connectivity index (χ1) is 13.6. The van der Waals surface area contributed by atoms with Gasteiger partial charge in [0.05, 0.1) is 5.57 Å². The molecule has 13 heteroatoms. The minimum absolute atomic E-state index is 0.0149. The Balaban J connectivity index is 2.06. The lowest BCUT2D eigenvalue weighted by Gasteiger charge is -2.28. The Morgan fingerprint density at radius 2 is 1.93 bits per heavy atom. The Morgan fingerprint density at radius 3 is 2.59 bits per heavy atom. The van der Waals surface area contributed by atoms with E-state index in [4.69, 9.17) is 4.74 Å². The van der Waals surface area contributed by atoms with E-state index in [1.165, 1.54) is 6.07 Å².